The largest absolute Gasteiger partial charge is 1.00 e. The maximum absolute atomic E-state index is 12.4. The van der Waals surface area contributed by atoms with Crippen LogP contribution in [0.5, 0.6) is 0 Å². The summed E-state index contributed by atoms with van der Waals surface area (Å²) in [6, 6.07) is 19.5. The summed E-state index contributed by atoms with van der Waals surface area (Å²) in [6.07, 6.45) is 0.775. The van der Waals surface area contributed by atoms with Gasteiger partial charge in [0.25, 0.3) is 5.56 Å². The zero-order valence-electron chi connectivity index (χ0n) is 19.6. The molecule has 2 heterocycles. The molecule has 9 heteroatoms. The first-order valence-corrected chi connectivity index (χ1v) is 10.2. The molecule has 164 valence electrons. The summed E-state index contributed by atoms with van der Waals surface area (Å²) in [5, 5.41) is 18.0. The Morgan fingerprint density at radius 3 is 2.48 bits per heavy atom. The van der Waals surface area contributed by atoms with Crippen molar-refractivity contribution in [1.29, 1.82) is 0 Å². The SMILES string of the molecule is Cc1cc(N)nn1CCc1cccc(-c2ccc(=O)n(Cc3cccc(C(=O)O)c3)n2)c1.[H-].[Li+]. The van der Waals surface area contributed by atoms with Gasteiger partial charge in [-0.2, -0.15) is 10.2 Å². The summed E-state index contributed by atoms with van der Waals surface area (Å²) in [5.41, 5.74) is 10.1. The average Bonchev–Trinajstić information content (AvgIpc) is 3.11. The maximum atomic E-state index is 12.4. The molecular formula is C24H24LiN5O3. The number of benzene rings is 2. The van der Waals surface area contributed by atoms with E-state index in [0.29, 0.717) is 23.6 Å². The quantitative estimate of drug-likeness (QED) is 0.397. The van der Waals surface area contributed by atoms with Crippen LogP contribution in [0.4, 0.5) is 5.82 Å². The molecule has 0 fully saturated rings. The van der Waals surface area contributed by atoms with Crippen LogP contribution in [0.2, 0.25) is 0 Å². The van der Waals surface area contributed by atoms with E-state index < -0.39 is 5.97 Å². The molecule has 0 aliphatic carbocycles. The predicted molar refractivity (Wildman–Crippen MR) is 123 cm³/mol. The number of rotatable bonds is 7. The van der Waals surface area contributed by atoms with Crippen LogP contribution < -0.4 is 30.2 Å². The van der Waals surface area contributed by atoms with Gasteiger partial charge in [-0.05, 0) is 48.7 Å². The number of carboxylic acid groups (broad SMARTS) is 1. The minimum atomic E-state index is -1.01. The fraction of sp³-hybridized carbons (Fsp3) is 0.167. The molecule has 0 saturated heterocycles. The average molecular weight is 437 g/mol. The van der Waals surface area contributed by atoms with E-state index >= 15 is 0 Å². The monoisotopic (exact) mass is 437 g/mol. The van der Waals surface area contributed by atoms with Crippen LogP contribution in [-0.4, -0.2) is 30.6 Å². The molecule has 0 aliphatic heterocycles. The van der Waals surface area contributed by atoms with Crippen LogP contribution in [0.25, 0.3) is 11.3 Å². The number of hydrogen-bond donors (Lipinski definition) is 2. The van der Waals surface area contributed by atoms with Crippen LogP contribution in [0.1, 0.15) is 28.6 Å². The maximum Gasteiger partial charge on any atom is 1.00 e. The zero-order chi connectivity index (χ0) is 22.7. The second-order valence-corrected chi connectivity index (χ2v) is 7.60. The number of nitrogens with zero attached hydrogens (tertiary/aromatic N) is 4. The van der Waals surface area contributed by atoms with Crippen molar-refractivity contribution in [3.8, 4) is 11.3 Å². The molecule has 0 radical (unpaired) electrons. The Morgan fingerprint density at radius 1 is 1.00 bits per heavy atom. The Balaban J connectivity index is 0.00000204. The summed E-state index contributed by atoms with van der Waals surface area (Å²) >= 11 is 0. The van der Waals surface area contributed by atoms with E-state index in [0.717, 1.165) is 23.2 Å². The number of aromatic nitrogens is 4. The van der Waals surface area contributed by atoms with E-state index in [-0.39, 0.29) is 38.0 Å². The van der Waals surface area contributed by atoms with Crippen LogP contribution >= 0.6 is 0 Å². The van der Waals surface area contributed by atoms with Gasteiger partial charge in [0.15, 0.2) is 0 Å². The molecule has 0 bridgehead atoms. The van der Waals surface area contributed by atoms with Crippen molar-refractivity contribution in [2.75, 3.05) is 5.73 Å². The number of nitrogens with two attached hydrogens (primary N) is 1. The number of hydrogen-bond acceptors (Lipinski definition) is 5. The van der Waals surface area contributed by atoms with E-state index in [1.54, 1.807) is 24.3 Å². The van der Waals surface area contributed by atoms with Gasteiger partial charge in [0, 0.05) is 29.9 Å². The van der Waals surface area contributed by atoms with Crippen molar-refractivity contribution in [1.82, 2.24) is 19.6 Å². The van der Waals surface area contributed by atoms with E-state index in [4.69, 9.17) is 5.73 Å². The molecular weight excluding hydrogens is 413 g/mol. The summed E-state index contributed by atoms with van der Waals surface area (Å²) < 4.78 is 3.23. The van der Waals surface area contributed by atoms with Crippen LogP contribution in [0.3, 0.4) is 0 Å². The van der Waals surface area contributed by atoms with E-state index in [1.165, 1.54) is 16.8 Å². The van der Waals surface area contributed by atoms with E-state index in [2.05, 4.69) is 10.2 Å². The standard InChI is InChI=1S/C24H23N5O3.Li.H/c1-16-12-22(25)27-28(16)11-10-17-4-2-6-19(13-17)21-8-9-23(30)29(26-21)15-18-5-3-7-20(14-18)24(31)32;;/h2-9,12-14H,10-11,15H2,1H3,(H2,25,27)(H,31,32);;/q;+1;-1. The van der Waals surface area contributed by atoms with Gasteiger partial charge in [-0.1, -0.05) is 30.3 Å². The summed E-state index contributed by atoms with van der Waals surface area (Å²) in [6.45, 7) is 2.87. The van der Waals surface area contributed by atoms with Crippen molar-refractivity contribution in [2.24, 2.45) is 0 Å². The van der Waals surface area contributed by atoms with Crippen LogP contribution in [-0.2, 0) is 19.5 Å². The van der Waals surface area contributed by atoms with Gasteiger partial charge in [0.05, 0.1) is 17.8 Å². The van der Waals surface area contributed by atoms with Gasteiger partial charge in [-0.25, -0.2) is 9.48 Å². The second kappa shape index (κ2) is 10.3. The van der Waals surface area contributed by atoms with Gasteiger partial charge < -0.3 is 12.3 Å². The first kappa shape index (κ1) is 24.0. The molecule has 4 aromatic rings. The number of nitrogen functional groups attached to an aromatic ring is 1. The van der Waals surface area contributed by atoms with Gasteiger partial charge in [0.2, 0.25) is 0 Å². The zero-order valence-corrected chi connectivity index (χ0v) is 18.6. The molecule has 0 atom stereocenters. The van der Waals surface area contributed by atoms with Crippen molar-refractivity contribution < 1.29 is 30.2 Å². The number of carboxylic acids is 1. The fourth-order valence-corrected chi connectivity index (χ4v) is 3.57. The minimum absolute atomic E-state index is 0. The molecule has 0 amide bonds. The Bertz CT molecular complexity index is 1350. The first-order valence-electron chi connectivity index (χ1n) is 10.2. The fourth-order valence-electron chi connectivity index (χ4n) is 3.57. The smallest absolute Gasteiger partial charge is 1.00 e. The van der Waals surface area contributed by atoms with Gasteiger partial charge in [-0.15, -0.1) is 0 Å². The Morgan fingerprint density at radius 2 is 1.76 bits per heavy atom. The number of aromatic carboxylic acids is 1. The number of carbonyl (C=O) groups is 1. The van der Waals surface area contributed by atoms with Crippen molar-refractivity contribution in [3.63, 3.8) is 0 Å². The molecule has 0 spiro atoms. The molecule has 33 heavy (non-hydrogen) atoms. The third kappa shape index (κ3) is 5.80. The van der Waals surface area contributed by atoms with E-state index in [9.17, 15) is 14.7 Å². The van der Waals surface area contributed by atoms with Crippen molar-refractivity contribution in [3.05, 3.63) is 99.5 Å². The normalized spacial score (nSPS) is 10.6. The van der Waals surface area contributed by atoms with Crippen LogP contribution in [0.15, 0.2) is 71.5 Å². The molecule has 2 aromatic carbocycles. The second-order valence-electron chi connectivity index (χ2n) is 7.60. The van der Waals surface area contributed by atoms with Gasteiger partial charge in [-0.3, -0.25) is 9.48 Å². The van der Waals surface area contributed by atoms with Crippen LogP contribution in [0, 0.1) is 6.92 Å². The third-order valence-electron chi connectivity index (χ3n) is 5.21. The van der Waals surface area contributed by atoms with E-state index in [1.807, 2.05) is 41.9 Å². The predicted octanol–water partition coefficient (Wildman–Crippen LogP) is 0.103. The molecule has 2 aromatic heterocycles. The molecule has 4 rings (SSSR count). The summed E-state index contributed by atoms with van der Waals surface area (Å²) in [7, 11) is 0. The first-order chi connectivity index (χ1) is 15.4. The molecule has 0 unspecified atom stereocenters. The number of anilines is 1. The molecule has 0 saturated carbocycles. The Kier molecular flexibility index (Phi) is 7.54. The summed E-state index contributed by atoms with van der Waals surface area (Å²) in [4.78, 5) is 23.6. The molecule has 8 nitrogen and oxygen atoms in total. The summed E-state index contributed by atoms with van der Waals surface area (Å²) in [5.74, 6) is -0.498. The Hall–Kier alpha value is -3.60. The molecule has 0 aliphatic rings. The Labute approximate surface area is 204 Å². The van der Waals surface area contributed by atoms with Gasteiger partial charge >= 0.3 is 24.8 Å². The van der Waals surface area contributed by atoms with Crippen molar-refractivity contribution >= 4 is 11.8 Å². The number of aryl methyl sites for hydroxylation is 3. The van der Waals surface area contributed by atoms with Crippen molar-refractivity contribution in [2.45, 2.75) is 26.4 Å². The minimum Gasteiger partial charge on any atom is -1.00 e. The van der Waals surface area contributed by atoms with Gasteiger partial charge in [0.1, 0.15) is 5.82 Å². The topological polar surface area (TPSA) is 116 Å². The molecule has 3 N–H and O–H groups in total. The third-order valence-corrected chi connectivity index (χ3v) is 5.21.